The van der Waals surface area contributed by atoms with Gasteiger partial charge in [0.05, 0.1) is 11.0 Å². The van der Waals surface area contributed by atoms with Crippen LogP contribution in [-0.4, -0.2) is 58.0 Å². The Hall–Kier alpha value is -1.88. The van der Waals surface area contributed by atoms with Gasteiger partial charge in [-0.2, -0.15) is 0 Å². The van der Waals surface area contributed by atoms with Crippen molar-refractivity contribution in [2.75, 3.05) is 32.7 Å². The number of hydrogen-bond acceptors (Lipinski definition) is 3. The van der Waals surface area contributed by atoms with Crippen LogP contribution in [0, 0.1) is 5.92 Å². The zero-order chi connectivity index (χ0) is 19.3. The van der Waals surface area contributed by atoms with Gasteiger partial charge in [0.25, 0.3) is 0 Å². The van der Waals surface area contributed by atoms with Crippen molar-refractivity contribution >= 4 is 16.9 Å². The molecular formula is C23H34N4O. The van der Waals surface area contributed by atoms with E-state index < -0.39 is 0 Å². The fourth-order valence-corrected chi connectivity index (χ4v) is 4.94. The summed E-state index contributed by atoms with van der Waals surface area (Å²) in [5, 5.41) is 0. The van der Waals surface area contributed by atoms with Gasteiger partial charge in [-0.05, 0) is 43.9 Å². The van der Waals surface area contributed by atoms with Gasteiger partial charge >= 0.3 is 0 Å². The third-order valence-corrected chi connectivity index (χ3v) is 6.53. The van der Waals surface area contributed by atoms with Gasteiger partial charge < -0.3 is 14.4 Å². The van der Waals surface area contributed by atoms with Crippen molar-refractivity contribution in [2.24, 2.45) is 5.92 Å². The van der Waals surface area contributed by atoms with E-state index in [4.69, 9.17) is 4.98 Å². The maximum atomic E-state index is 13.1. The lowest BCUT2D eigenvalue weighted by Crippen LogP contribution is -2.38. The molecule has 2 aromatic rings. The molecule has 1 saturated heterocycles. The van der Waals surface area contributed by atoms with E-state index in [1.165, 1.54) is 38.6 Å². The van der Waals surface area contributed by atoms with Crippen LogP contribution in [0.1, 0.15) is 51.3 Å². The van der Waals surface area contributed by atoms with Gasteiger partial charge in [0.2, 0.25) is 5.91 Å². The minimum Gasteiger partial charge on any atom is -0.340 e. The molecule has 2 heterocycles. The van der Waals surface area contributed by atoms with Gasteiger partial charge in [0.15, 0.2) is 0 Å². The lowest BCUT2D eigenvalue weighted by Gasteiger charge is -2.28. The van der Waals surface area contributed by atoms with E-state index in [1.54, 1.807) is 0 Å². The number of fused-ring (bicyclic) bond motifs is 1. The van der Waals surface area contributed by atoms with E-state index in [0.29, 0.717) is 6.54 Å². The molecule has 0 bridgehead atoms. The highest BCUT2D eigenvalue weighted by atomic mass is 16.2. The molecule has 1 aliphatic heterocycles. The van der Waals surface area contributed by atoms with Gasteiger partial charge in [-0.1, -0.05) is 38.3 Å². The Bertz CT molecular complexity index is 793. The highest BCUT2D eigenvalue weighted by molar-refractivity contribution is 5.81. The van der Waals surface area contributed by atoms with Crippen molar-refractivity contribution in [3.63, 3.8) is 0 Å². The van der Waals surface area contributed by atoms with Gasteiger partial charge in [-0.25, -0.2) is 4.98 Å². The lowest BCUT2D eigenvalue weighted by atomic mass is 9.89. The zero-order valence-corrected chi connectivity index (χ0v) is 17.3. The van der Waals surface area contributed by atoms with Crippen LogP contribution in [-0.2, 0) is 17.8 Å². The Kier molecular flexibility index (Phi) is 6.30. The summed E-state index contributed by atoms with van der Waals surface area (Å²) in [5.74, 6) is 2.11. The highest BCUT2D eigenvalue weighted by Gasteiger charge is 2.23. The summed E-state index contributed by atoms with van der Waals surface area (Å²) in [4.78, 5) is 22.5. The maximum Gasteiger partial charge on any atom is 0.242 e. The summed E-state index contributed by atoms with van der Waals surface area (Å²) in [7, 11) is 0. The molecule has 0 spiro atoms. The molecule has 4 rings (SSSR count). The van der Waals surface area contributed by atoms with Crippen LogP contribution >= 0.6 is 0 Å². The lowest BCUT2D eigenvalue weighted by molar-refractivity contribution is -0.131. The summed E-state index contributed by atoms with van der Waals surface area (Å²) < 4.78 is 2.11. The Labute approximate surface area is 168 Å². The first-order valence-corrected chi connectivity index (χ1v) is 11.2. The predicted molar refractivity (Wildman–Crippen MR) is 113 cm³/mol. The number of hydrogen-bond donors (Lipinski definition) is 0. The third-order valence-electron chi connectivity index (χ3n) is 6.53. The molecule has 0 atom stereocenters. The number of aromatic nitrogens is 2. The van der Waals surface area contributed by atoms with Crippen LogP contribution < -0.4 is 0 Å². The molecule has 1 amide bonds. The first-order chi connectivity index (χ1) is 13.7. The summed E-state index contributed by atoms with van der Waals surface area (Å²) in [5.41, 5.74) is 2.06. The predicted octanol–water partition coefficient (Wildman–Crippen LogP) is 3.71. The number of rotatable bonds is 5. The van der Waals surface area contributed by atoms with Crippen LogP contribution in [0.3, 0.4) is 0 Å². The molecule has 0 unspecified atom stereocenters. The standard InChI is InChI=1S/C23H34N4O/c1-2-22-24-20-11-6-7-12-21(20)27(22)18-23(28)26-14-8-13-25(15-16-26)17-19-9-4-3-5-10-19/h6-7,11-12,19H,2-5,8-10,13-18H2,1H3. The molecule has 5 nitrogen and oxygen atoms in total. The summed E-state index contributed by atoms with van der Waals surface area (Å²) in [6, 6.07) is 8.14. The fraction of sp³-hybridized carbons (Fsp3) is 0.652. The van der Waals surface area contributed by atoms with E-state index in [0.717, 1.165) is 61.8 Å². The van der Waals surface area contributed by atoms with Gasteiger partial charge in [0.1, 0.15) is 12.4 Å². The van der Waals surface area contributed by atoms with Gasteiger partial charge in [-0.15, -0.1) is 0 Å². The van der Waals surface area contributed by atoms with E-state index in [-0.39, 0.29) is 5.91 Å². The van der Waals surface area contributed by atoms with Crippen LogP contribution in [0.25, 0.3) is 11.0 Å². The zero-order valence-electron chi connectivity index (χ0n) is 17.3. The van der Waals surface area contributed by atoms with Crippen LogP contribution in [0.2, 0.25) is 0 Å². The Balaban J connectivity index is 1.38. The highest BCUT2D eigenvalue weighted by Crippen LogP contribution is 2.25. The average Bonchev–Trinajstić information content (AvgIpc) is 2.91. The Morgan fingerprint density at radius 2 is 1.86 bits per heavy atom. The minimum atomic E-state index is 0.234. The number of carbonyl (C=O) groups excluding carboxylic acids is 1. The van der Waals surface area contributed by atoms with Crippen molar-refractivity contribution in [1.29, 1.82) is 0 Å². The van der Waals surface area contributed by atoms with Crippen molar-refractivity contribution in [2.45, 2.75) is 58.4 Å². The van der Waals surface area contributed by atoms with Crippen LogP contribution in [0.4, 0.5) is 0 Å². The quantitative estimate of drug-likeness (QED) is 0.791. The summed E-state index contributed by atoms with van der Waals surface area (Å²) >= 11 is 0. The van der Waals surface area contributed by atoms with E-state index >= 15 is 0 Å². The molecule has 2 aliphatic rings. The molecule has 0 N–H and O–H groups in total. The third kappa shape index (κ3) is 4.40. The molecule has 5 heteroatoms. The Morgan fingerprint density at radius 3 is 2.68 bits per heavy atom. The molecule has 2 fully saturated rings. The van der Waals surface area contributed by atoms with Crippen LogP contribution in [0.5, 0.6) is 0 Å². The number of aryl methyl sites for hydroxylation is 1. The second-order valence-corrected chi connectivity index (χ2v) is 8.50. The molecule has 1 saturated carbocycles. The monoisotopic (exact) mass is 382 g/mol. The Morgan fingerprint density at radius 1 is 1.04 bits per heavy atom. The molecular weight excluding hydrogens is 348 g/mol. The number of carbonyl (C=O) groups is 1. The smallest absolute Gasteiger partial charge is 0.242 e. The van der Waals surface area contributed by atoms with Crippen molar-refractivity contribution in [3.8, 4) is 0 Å². The summed E-state index contributed by atoms with van der Waals surface area (Å²) in [6.45, 7) is 7.65. The maximum absolute atomic E-state index is 13.1. The average molecular weight is 383 g/mol. The van der Waals surface area contributed by atoms with Gasteiger partial charge in [0, 0.05) is 32.6 Å². The number of benzene rings is 1. The molecule has 0 radical (unpaired) electrons. The topological polar surface area (TPSA) is 41.4 Å². The first-order valence-electron chi connectivity index (χ1n) is 11.2. The second kappa shape index (κ2) is 9.08. The van der Waals surface area contributed by atoms with E-state index in [2.05, 4.69) is 27.4 Å². The minimum absolute atomic E-state index is 0.234. The molecule has 1 aromatic heterocycles. The molecule has 28 heavy (non-hydrogen) atoms. The normalized spacial score (nSPS) is 19.8. The fourth-order valence-electron chi connectivity index (χ4n) is 4.94. The number of nitrogens with zero attached hydrogens (tertiary/aromatic N) is 4. The molecule has 1 aromatic carbocycles. The van der Waals surface area contributed by atoms with Crippen LogP contribution in [0.15, 0.2) is 24.3 Å². The van der Waals surface area contributed by atoms with Crippen molar-refractivity contribution in [3.05, 3.63) is 30.1 Å². The van der Waals surface area contributed by atoms with Crippen molar-refractivity contribution < 1.29 is 4.79 Å². The number of amides is 1. The van der Waals surface area contributed by atoms with E-state index in [9.17, 15) is 4.79 Å². The van der Waals surface area contributed by atoms with Gasteiger partial charge in [-0.3, -0.25) is 4.79 Å². The first kappa shape index (κ1) is 19.4. The van der Waals surface area contributed by atoms with Crippen molar-refractivity contribution in [1.82, 2.24) is 19.4 Å². The number of imidazole rings is 1. The molecule has 1 aliphatic carbocycles. The summed E-state index contributed by atoms with van der Waals surface area (Å²) in [6.07, 6.45) is 8.95. The SMILES string of the molecule is CCc1nc2ccccc2n1CC(=O)N1CCCN(CC2CCCCC2)CC1. The van der Waals surface area contributed by atoms with E-state index in [1.807, 2.05) is 18.2 Å². The largest absolute Gasteiger partial charge is 0.340 e. The second-order valence-electron chi connectivity index (χ2n) is 8.50. The number of para-hydroxylation sites is 2. The molecule has 152 valence electrons.